The Kier molecular flexibility index (Phi) is 6.40. The first-order valence-electron chi connectivity index (χ1n) is 8.46. The summed E-state index contributed by atoms with van der Waals surface area (Å²) in [6.45, 7) is 2.19. The Labute approximate surface area is 159 Å². The highest BCUT2D eigenvalue weighted by Crippen LogP contribution is 2.28. The van der Waals surface area contributed by atoms with Gasteiger partial charge in [-0.15, -0.1) is 12.4 Å². The van der Waals surface area contributed by atoms with Crippen LogP contribution in [0, 0.1) is 5.92 Å². The van der Waals surface area contributed by atoms with Gasteiger partial charge in [-0.1, -0.05) is 61.5 Å². The maximum absolute atomic E-state index is 13.1. The molecule has 0 spiro atoms. The van der Waals surface area contributed by atoms with E-state index in [1.807, 2.05) is 54.6 Å². The summed E-state index contributed by atoms with van der Waals surface area (Å²) >= 11 is 0. The quantitative estimate of drug-likeness (QED) is 0.860. The number of nitrogens with zero attached hydrogens (tertiary/aromatic N) is 1. The molecule has 0 saturated carbocycles. The third kappa shape index (κ3) is 3.89. The van der Waals surface area contributed by atoms with Crippen molar-refractivity contribution < 1.29 is 9.59 Å². The van der Waals surface area contributed by atoms with Gasteiger partial charge < -0.3 is 16.4 Å². The zero-order chi connectivity index (χ0) is 18.0. The Hall–Kier alpha value is -2.37. The average Bonchev–Trinajstić information content (AvgIpc) is 2.65. The first-order valence-corrected chi connectivity index (χ1v) is 8.46. The summed E-state index contributed by atoms with van der Waals surface area (Å²) in [6, 6.07) is 16.3. The van der Waals surface area contributed by atoms with Crippen molar-refractivity contribution >= 4 is 24.2 Å². The highest BCUT2D eigenvalue weighted by molar-refractivity contribution is 5.88. The van der Waals surface area contributed by atoms with E-state index in [1.54, 1.807) is 11.8 Å². The molecule has 6 heteroatoms. The molecule has 1 aliphatic rings. The molecule has 0 saturated heterocycles. The summed E-state index contributed by atoms with van der Waals surface area (Å²) in [4.78, 5) is 26.6. The van der Waals surface area contributed by atoms with E-state index in [2.05, 4.69) is 0 Å². The number of primary amides is 1. The SMILES string of the molecule is CC(C(=O)N1Cc2ccccc2CC1C(N)=O)C(N)c1ccccc1.Cl. The van der Waals surface area contributed by atoms with E-state index in [4.69, 9.17) is 11.5 Å². The maximum Gasteiger partial charge on any atom is 0.240 e. The van der Waals surface area contributed by atoms with Crippen LogP contribution in [0.15, 0.2) is 54.6 Å². The van der Waals surface area contributed by atoms with Crippen LogP contribution in [0.25, 0.3) is 0 Å². The van der Waals surface area contributed by atoms with Gasteiger partial charge in [0, 0.05) is 19.0 Å². The van der Waals surface area contributed by atoms with Gasteiger partial charge in [0.05, 0.1) is 5.92 Å². The van der Waals surface area contributed by atoms with E-state index in [0.29, 0.717) is 13.0 Å². The number of fused-ring (bicyclic) bond motifs is 1. The molecule has 0 aliphatic carbocycles. The Morgan fingerprint density at radius 3 is 2.23 bits per heavy atom. The molecule has 0 fully saturated rings. The molecule has 0 radical (unpaired) electrons. The van der Waals surface area contributed by atoms with Crippen LogP contribution in [0.1, 0.15) is 29.7 Å². The molecule has 3 rings (SSSR count). The predicted molar refractivity (Wildman–Crippen MR) is 103 cm³/mol. The standard InChI is InChI=1S/C20H23N3O2.ClH/c1-13(18(21)14-7-3-2-4-8-14)20(25)23-12-16-10-6-5-9-15(16)11-17(23)19(22)24;/h2-10,13,17-18H,11-12,21H2,1H3,(H2,22,24);1H. The molecule has 138 valence electrons. The van der Waals surface area contributed by atoms with Crippen molar-refractivity contribution in [3.05, 3.63) is 71.3 Å². The van der Waals surface area contributed by atoms with Crippen LogP contribution in [-0.2, 0) is 22.6 Å². The fourth-order valence-corrected chi connectivity index (χ4v) is 3.39. The summed E-state index contributed by atoms with van der Waals surface area (Å²) in [5.74, 6) is -1.08. The van der Waals surface area contributed by atoms with Crippen LogP contribution in [-0.4, -0.2) is 22.8 Å². The normalized spacial score (nSPS) is 18.2. The van der Waals surface area contributed by atoms with E-state index in [9.17, 15) is 9.59 Å². The van der Waals surface area contributed by atoms with Gasteiger partial charge in [0.25, 0.3) is 0 Å². The van der Waals surface area contributed by atoms with Gasteiger partial charge in [-0.2, -0.15) is 0 Å². The second-order valence-electron chi connectivity index (χ2n) is 6.58. The number of benzene rings is 2. The topological polar surface area (TPSA) is 89.4 Å². The number of rotatable bonds is 4. The molecule has 0 aromatic heterocycles. The van der Waals surface area contributed by atoms with Crippen molar-refractivity contribution in [2.24, 2.45) is 17.4 Å². The van der Waals surface area contributed by atoms with Gasteiger partial charge in [-0.05, 0) is 16.7 Å². The molecule has 2 aromatic carbocycles. The Morgan fingerprint density at radius 1 is 1.04 bits per heavy atom. The van der Waals surface area contributed by atoms with Crippen molar-refractivity contribution in [3.8, 4) is 0 Å². The van der Waals surface area contributed by atoms with Gasteiger partial charge in [0.1, 0.15) is 6.04 Å². The fourth-order valence-electron chi connectivity index (χ4n) is 3.39. The minimum atomic E-state index is -0.632. The smallest absolute Gasteiger partial charge is 0.240 e. The van der Waals surface area contributed by atoms with Gasteiger partial charge in [-0.3, -0.25) is 9.59 Å². The van der Waals surface area contributed by atoms with E-state index in [-0.39, 0.29) is 18.3 Å². The molecule has 3 atom stereocenters. The second-order valence-corrected chi connectivity index (χ2v) is 6.58. The molecule has 2 aromatic rings. The third-order valence-corrected chi connectivity index (χ3v) is 4.97. The highest BCUT2D eigenvalue weighted by atomic mass is 35.5. The Morgan fingerprint density at radius 2 is 1.62 bits per heavy atom. The van der Waals surface area contributed by atoms with E-state index in [1.165, 1.54) is 0 Å². The molecule has 4 N–H and O–H groups in total. The van der Waals surface area contributed by atoms with Crippen molar-refractivity contribution in [2.45, 2.75) is 32.0 Å². The summed E-state index contributed by atoms with van der Waals surface area (Å²) in [5, 5.41) is 0. The molecule has 2 amide bonds. The molecule has 1 heterocycles. The number of nitrogens with two attached hydrogens (primary N) is 2. The second kappa shape index (κ2) is 8.34. The summed E-state index contributed by atoms with van der Waals surface area (Å²) in [5.41, 5.74) is 14.9. The minimum Gasteiger partial charge on any atom is -0.368 e. The molecule has 5 nitrogen and oxygen atoms in total. The highest BCUT2D eigenvalue weighted by Gasteiger charge is 2.36. The molecule has 3 unspecified atom stereocenters. The molecular weight excluding hydrogens is 350 g/mol. The molecule has 0 bridgehead atoms. The summed E-state index contributed by atoms with van der Waals surface area (Å²) in [6.07, 6.45) is 0.449. The lowest BCUT2D eigenvalue weighted by atomic mass is 9.89. The zero-order valence-corrected chi connectivity index (χ0v) is 15.5. The van der Waals surface area contributed by atoms with E-state index >= 15 is 0 Å². The van der Waals surface area contributed by atoms with Gasteiger partial charge >= 0.3 is 0 Å². The number of carbonyl (C=O) groups excluding carboxylic acids is 2. The van der Waals surface area contributed by atoms with Crippen molar-refractivity contribution in [1.29, 1.82) is 0 Å². The summed E-state index contributed by atoms with van der Waals surface area (Å²) in [7, 11) is 0. The van der Waals surface area contributed by atoms with Crippen molar-refractivity contribution in [1.82, 2.24) is 4.90 Å². The van der Waals surface area contributed by atoms with Gasteiger partial charge in [-0.25, -0.2) is 0 Å². The van der Waals surface area contributed by atoms with Crippen LogP contribution < -0.4 is 11.5 Å². The monoisotopic (exact) mass is 373 g/mol. The average molecular weight is 374 g/mol. The molecule has 1 aliphatic heterocycles. The first-order chi connectivity index (χ1) is 12.0. The maximum atomic E-state index is 13.1. The van der Waals surface area contributed by atoms with Gasteiger partial charge in [0.2, 0.25) is 11.8 Å². The van der Waals surface area contributed by atoms with Crippen molar-refractivity contribution in [2.75, 3.05) is 0 Å². The van der Waals surface area contributed by atoms with E-state index < -0.39 is 23.9 Å². The molecular formula is C20H24ClN3O2. The zero-order valence-electron chi connectivity index (χ0n) is 14.7. The summed E-state index contributed by atoms with van der Waals surface area (Å²) < 4.78 is 0. The lowest BCUT2D eigenvalue weighted by Crippen LogP contribution is -2.53. The lowest BCUT2D eigenvalue weighted by molar-refractivity contribution is -0.144. The number of halogens is 1. The number of carbonyl (C=O) groups is 2. The number of amides is 2. The lowest BCUT2D eigenvalue weighted by Gasteiger charge is -2.37. The van der Waals surface area contributed by atoms with Crippen LogP contribution >= 0.6 is 12.4 Å². The van der Waals surface area contributed by atoms with Crippen LogP contribution in [0.2, 0.25) is 0 Å². The third-order valence-electron chi connectivity index (χ3n) is 4.97. The first kappa shape index (κ1) is 19.9. The Balaban J connectivity index is 0.00000243. The van der Waals surface area contributed by atoms with Crippen molar-refractivity contribution in [3.63, 3.8) is 0 Å². The Bertz CT molecular complexity index is 782. The largest absolute Gasteiger partial charge is 0.368 e. The van der Waals surface area contributed by atoms with Crippen LogP contribution in [0.4, 0.5) is 0 Å². The molecule has 26 heavy (non-hydrogen) atoms. The minimum absolute atomic E-state index is 0. The van der Waals surface area contributed by atoms with Crippen LogP contribution in [0.3, 0.4) is 0 Å². The number of hydrogen-bond acceptors (Lipinski definition) is 3. The van der Waals surface area contributed by atoms with Gasteiger partial charge in [0.15, 0.2) is 0 Å². The fraction of sp³-hybridized carbons (Fsp3) is 0.300. The number of hydrogen-bond donors (Lipinski definition) is 2. The van der Waals surface area contributed by atoms with E-state index in [0.717, 1.165) is 16.7 Å². The predicted octanol–water partition coefficient (Wildman–Crippen LogP) is 2.18. The van der Waals surface area contributed by atoms with Crippen LogP contribution in [0.5, 0.6) is 0 Å².